The normalized spacial score (nSPS) is 12.2. The molecule has 1 N–H and O–H groups in total. The van der Waals surface area contributed by atoms with Crippen LogP contribution in [-0.2, 0) is 6.42 Å². The van der Waals surface area contributed by atoms with Gasteiger partial charge in [0, 0.05) is 22.9 Å². The van der Waals surface area contributed by atoms with E-state index in [1.54, 1.807) is 30.6 Å². The first-order chi connectivity index (χ1) is 10.2. The number of aromatic nitrogens is 1. The zero-order valence-electron chi connectivity index (χ0n) is 12.1. The minimum Gasteiger partial charge on any atom is -0.494 e. The first kappa shape index (κ1) is 15.9. The molecule has 0 bridgehead atoms. The van der Waals surface area contributed by atoms with Crippen molar-refractivity contribution in [2.45, 2.75) is 19.4 Å². The van der Waals surface area contributed by atoms with E-state index in [4.69, 9.17) is 4.74 Å². The van der Waals surface area contributed by atoms with Crippen molar-refractivity contribution < 1.29 is 9.13 Å². The Kier molecular flexibility index (Phi) is 5.70. The van der Waals surface area contributed by atoms with Crippen molar-refractivity contribution >= 4 is 15.9 Å². The Morgan fingerprint density at radius 1 is 1.38 bits per heavy atom. The summed E-state index contributed by atoms with van der Waals surface area (Å²) in [6.45, 7) is 2.82. The molecule has 0 fully saturated rings. The van der Waals surface area contributed by atoms with E-state index in [2.05, 4.69) is 26.2 Å². The van der Waals surface area contributed by atoms with Crippen LogP contribution in [0.5, 0.6) is 5.75 Å². The highest BCUT2D eigenvalue weighted by atomic mass is 79.9. The van der Waals surface area contributed by atoms with E-state index in [-0.39, 0.29) is 17.6 Å². The van der Waals surface area contributed by atoms with Gasteiger partial charge in [0.25, 0.3) is 0 Å². The molecule has 1 aromatic heterocycles. The Morgan fingerprint density at radius 2 is 2.19 bits per heavy atom. The number of rotatable bonds is 6. The molecule has 0 saturated heterocycles. The predicted octanol–water partition coefficient (Wildman–Crippen LogP) is 3.89. The Labute approximate surface area is 132 Å². The molecule has 0 aliphatic heterocycles. The summed E-state index contributed by atoms with van der Waals surface area (Å²) in [5.41, 5.74) is 1.65. The van der Waals surface area contributed by atoms with Gasteiger partial charge < -0.3 is 10.1 Å². The zero-order chi connectivity index (χ0) is 15.2. The largest absolute Gasteiger partial charge is 0.494 e. The Bertz CT molecular complexity index is 607. The van der Waals surface area contributed by atoms with E-state index in [0.717, 1.165) is 16.6 Å². The van der Waals surface area contributed by atoms with Crippen LogP contribution < -0.4 is 10.1 Å². The first-order valence-electron chi connectivity index (χ1n) is 6.81. The first-order valence-corrected chi connectivity index (χ1v) is 7.60. The van der Waals surface area contributed by atoms with E-state index in [9.17, 15) is 4.39 Å². The molecular weight excluding hydrogens is 335 g/mol. The second-order valence-electron chi connectivity index (χ2n) is 4.68. The number of pyridine rings is 1. The van der Waals surface area contributed by atoms with Crippen LogP contribution in [0.3, 0.4) is 0 Å². The van der Waals surface area contributed by atoms with Gasteiger partial charge in [0.05, 0.1) is 7.11 Å². The van der Waals surface area contributed by atoms with Gasteiger partial charge in [-0.2, -0.15) is 0 Å². The summed E-state index contributed by atoms with van der Waals surface area (Å²) in [6.07, 6.45) is 4.07. The molecule has 0 aliphatic rings. The van der Waals surface area contributed by atoms with Crippen LogP contribution in [0.15, 0.2) is 41.1 Å². The van der Waals surface area contributed by atoms with Crippen molar-refractivity contribution in [2.24, 2.45) is 0 Å². The molecule has 0 radical (unpaired) electrons. The molecule has 1 atom stereocenters. The monoisotopic (exact) mass is 352 g/mol. The summed E-state index contributed by atoms with van der Waals surface area (Å²) in [6, 6.07) is 7.22. The fourth-order valence-electron chi connectivity index (χ4n) is 2.26. The maximum Gasteiger partial charge on any atom is 0.168 e. The summed E-state index contributed by atoms with van der Waals surface area (Å²) in [5, 5.41) is 3.37. The van der Waals surface area contributed by atoms with Crippen LogP contribution in [0, 0.1) is 5.82 Å². The lowest BCUT2D eigenvalue weighted by Gasteiger charge is -2.19. The summed E-state index contributed by atoms with van der Waals surface area (Å²) < 4.78 is 20.2. The maximum atomic E-state index is 14.3. The van der Waals surface area contributed by atoms with Gasteiger partial charge in [-0.25, -0.2) is 4.39 Å². The number of halogens is 2. The summed E-state index contributed by atoms with van der Waals surface area (Å²) >= 11 is 3.42. The van der Waals surface area contributed by atoms with Crippen LogP contribution in [0.4, 0.5) is 4.39 Å². The van der Waals surface area contributed by atoms with E-state index < -0.39 is 0 Å². The van der Waals surface area contributed by atoms with Crippen molar-refractivity contribution in [1.82, 2.24) is 10.3 Å². The molecular formula is C16H18BrFN2O. The maximum absolute atomic E-state index is 14.3. The van der Waals surface area contributed by atoms with Crippen molar-refractivity contribution in [3.8, 4) is 5.75 Å². The number of nitrogens with one attached hydrogen (secondary N) is 1. The Balaban J connectivity index is 2.28. The molecule has 0 spiro atoms. The molecule has 1 heterocycles. The molecule has 21 heavy (non-hydrogen) atoms. The standard InChI is InChI=1S/C16H18BrFN2O/c1-3-20-14(12-7-13(17)10-19-9-12)8-11-5-4-6-15(21-2)16(11)18/h4-7,9-10,14,20H,3,8H2,1-2H3. The SMILES string of the molecule is CCNC(Cc1cccc(OC)c1F)c1cncc(Br)c1. The summed E-state index contributed by atoms with van der Waals surface area (Å²) in [4.78, 5) is 4.18. The van der Waals surface area contributed by atoms with Crippen LogP contribution >= 0.6 is 15.9 Å². The average Bonchev–Trinajstić information content (AvgIpc) is 2.48. The van der Waals surface area contributed by atoms with E-state index in [1.165, 1.54) is 7.11 Å². The number of hydrogen-bond acceptors (Lipinski definition) is 3. The summed E-state index contributed by atoms with van der Waals surface area (Å²) in [5.74, 6) is -0.0269. The smallest absolute Gasteiger partial charge is 0.168 e. The van der Waals surface area contributed by atoms with Gasteiger partial charge in [-0.1, -0.05) is 19.1 Å². The highest BCUT2D eigenvalue weighted by molar-refractivity contribution is 9.10. The van der Waals surface area contributed by atoms with Gasteiger partial charge in [0.2, 0.25) is 0 Å². The fourth-order valence-corrected chi connectivity index (χ4v) is 2.65. The fraction of sp³-hybridized carbons (Fsp3) is 0.312. The minimum atomic E-state index is -0.300. The van der Waals surface area contributed by atoms with Gasteiger partial charge in [0.1, 0.15) is 0 Å². The zero-order valence-corrected chi connectivity index (χ0v) is 13.7. The lowest BCUT2D eigenvalue weighted by atomic mass is 9.99. The molecule has 5 heteroatoms. The number of benzene rings is 1. The van der Waals surface area contributed by atoms with Gasteiger partial charge in [-0.15, -0.1) is 0 Å². The second-order valence-corrected chi connectivity index (χ2v) is 5.60. The summed E-state index contributed by atoms with van der Waals surface area (Å²) in [7, 11) is 1.47. The average molecular weight is 353 g/mol. The van der Waals surface area contributed by atoms with Crippen molar-refractivity contribution in [3.63, 3.8) is 0 Å². The molecule has 112 valence electrons. The second kappa shape index (κ2) is 7.52. The highest BCUT2D eigenvalue weighted by Crippen LogP contribution is 2.26. The topological polar surface area (TPSA) is 34.1 Å². The van der Waals surface area contributed by atoms with Gasteiger partial charge in [-0.3, -0.25) is 4.98 Å². The van der Waals surface area contributed by atoms with E-state index in [1.807, 2.05) is 13.0 Å². The van der Waals surface area contributed by atoms with Crippen molar-refractivity contribution in [1.29, 1.82) is 0 Å². The van der Waals surface area contributed by atoms with Crippen molar-refractivity contribution in [2.75, 3.05) is 13.7 Å². The van der Waals surface area contributed by atoms with Crippen LogP contribution in [0.1, 0.15) is 24.1 Å². The third-order valence-corrected chi connectivity index (χ3v) is 3.70. The van der Waals surface area contributed by atoms with Gasteiger partial charge >= 0.3 is 0 Å². The van der Waals surface area contributed by atoms with Gasteiger partial charge in [-0.05, 0) is 52.2 Å². The molecule has 3 nitrogen and oxygen atoms in total. The number of likely N-dealkylation sites (N-methyl/N-ethyl adjacent to an activating group) is 1. The molecule has 1 aromatic carbocycles. The number of ether oxygens (including phenoxy) is 1. The van der Waals surface area contributed by atoms with Crippen LogP contribution in [0.25, 0.3) is 0 Å². The van der Waals surface area contributed by atoms with Crippen molar-refractivity contribution in [3.05, 3.63) is 58.1 Å². The minimum absolute atomic E-state index is 0.00149. The quantitative estimate of drug-likeness (QED) is 0.856. The molecule has 0 amide bonds. The third-order valence-electron chi connectivity index (χ3n) is 3.27. The number of methoxy groups -OCH3 is 1. The molecule has 0 saturated carbocycles. The number of hydrogen-bond donors (Lipinski definition) is 1. The Hall–Kier alpha value is -1.46. The molecule has 2 aromatic rings. The predicted molar refractivity (Wildman–Crippen MR) is 85.0 cm³/mol. The lowest BCUT2D eigenvalue weighted by molar-refractivity contribution is 0.382. The van der Waals surface area contributed by atoms with Gasteiger partial charge in [0.15, 0.2) is 11.6 Å². The highest BCUT2D eigenvalue weighted by Gasteiger charge is 2.16. The molecule has 2 rings (SSSR count). The van der Waals surface area contributed by atoms with Crippen LogP contribution in [0.2, 0.25) is 0 Å². The molecule has 1 unspecified atom stereocenters. The van der Waals surface area contributed by atoms with E-state index >= 15 is 0 Å². The molecule has 0 aliphatic carbocycles. The number of nitrogens with zero attached hydrogens (tertiary/aromatic N) is 1. The van der Waals surface area contributed by atoms with Crippen LogP contribution in [-0.4, -0.2) is 18.6 Å². The lowest BCUT2D eigenvalue weighted by Crippen LogP contribution is -2.23. The third kappa shape index (κ3) is 4.02. The Morgan fingerprint density at radius 3 is 2.86 bits per heavy atom. The van der Waals surface area contributed by atoms with E-state index in [0.29, 0.717) is 12.0 Å².